The zero-order valence-corrected chi connectivity index (χ0v) is 40.4. The number of unbranched alkanes of at least 4 members (excludes halogenated alkanes) is 1. The van der Waals surface area contributed by atoms with E-state index in [0.29, 0.717) is 134 Å². The number of aromatic nitrogens is 9. The summed E-state index contributed by atoms with van der Waals surface area (Å²) in [7, 11) is 0. The number of nitrogens with one attached hydrogen (secondary N) is 1. The van der Waals surface area contributed by atoms with Crippen LogP contribution in [0.4, 0.5) is 17.8 Å². The highest BCUT2D eigenvalue weighted by molar-refractivity contribution is 5.81. The lowest BCUT2D eigenvalue weighted by Crippen LogP contribution is -3.00. The van der Waals surface area contributed by atoms with Crippen LogP contribution in [0.1, 0.15) is 95.4 Å². The number of rotatable bonds is 28. The molecular weight excluding hydrogens is 886 g/mol. The molecule has 0 radical (unpaired) electrons. The minimum Gasteiger partial charge on any atom is -1.00 e. The Balaban J connectivity index is 0.00000980. The fourth-order valence-corrected chi connectivity index (χ4v) is 7.70. The zero-order chi connectivity index (χ0) is 47.4. The van der Waals surface area contributed by atoms with E-state index in [1.165, 1.54) is 0 Å². The Labute approximate surface area is 400 Å². The van der Waals surface area contributed by atoms with E-state index in [9.17, 15) is 14.7 Å². The monoisotopic (exact) mass is 959 g/mol. The van der Waals surface area contributed by atoms with E-state index in [4.69, 9.17) is 52.8 Å². The Morgan fingerprint density at radius 1 is 0.776 bits per heavy atom. The van der Waals surface area contributed by atoms with Crippen LogP contribution in [0.5, 0.6) is 0 Å². The molecule has 5 rings (SSSR count). The van der Waals surface area contributed by atoms with Gasteiger partial charge in [0.2, 0.25) is 29.7 Å². The first-order valence-corrected chi connectivity index (χ1v) is 23.4. The third kappa shape index (κ3) is 15.6. The number of ether oxygens (including phenoxy) is 3. The van der Waals surface area contributed by atoms with Crippen molar-refractivity contribution in [3.8, 4) is 12.3 Å². The van der Waals surface area contributed by atoms with Crippen molar-refractivity contribution < 1.29 is 41.3 Å². The molecule has 2 fully saturated rings. The van der Waals surface area contributed by atoms with Gasteiger partial charge in [-0.2, -0.15) is 15.0 Å². The molecule has 0 saturated carbocycles. The number of carbonyl (C=O) groups is 2. The van der Waals surface area contributed by atoms with Crippen molar-refractivity contribution in [3.05, 3.63) is 23.8 Å². The lowest BCUT2D eigenvalue weighted by Gasteiger charge is -2.38. The van der Waals surface area contributed by atoms with E-state index in [2.05, 4.69) is 55.5 Å². The number of piperazine rings is 2. The predicted molar refractivity (Wildman–Crippen MR) is 248 cm³/mol. The second kappa shape index (κ2) is 28.5. The number of hydrogen-bond donors (Lipinski definition) is 5. The maximum absolute atomic E-state index is 14.2. The van der Waals surface area contributed by atoms with E-state index >= 15 is 0 Å². The molecule has 2 aliphatic rings. The Bertz CT molecular complexity index is 1950. The molecule has 2 amide bonds. The van der Waals surface area contributed by atoms with E-state index in [1.54, 1.807) is 15.6 Å². The highest BCUT2D eigenvalue weighted by Gasteiger charge is 2.35. The molecule has 6 atom stereocenters. The number of nitrogens with zero attached hydrogens (tertiary/aromatic N) is 13. The van der Waals surface area contributed by atoms with Gasteiger partial charge in [-0.1, -0.05) is 56.9 Å². The largest absolute Gasteiger partial charge is 1.00 e. The maximum Gasteiger partial charge on any atom is 0.247 e. The first-order chi connectivity index (χ1) is 32.0. The number of hydrogen-bond acceptors (Lipinski definition) is 19. The quantitative estimate of drug-likeness (QED) is 0.0362. The molecule has 5 heterocycles. The van der Waals surface area contributed by atoms with Gasteiger partial charge in [0.05, 0.1) is 69.8 Å². The Kier molecular flexibility index (Phi) is 23.3. The molecule has 374 valence electrons. The lowest BCUT2D eigenvalue weighted by atomic mass is 9.97. The summed E-state index contributed by atoms with van der Waals surface area (Å²) in [5, 5.41) is 30.0. The highest BCUT2D eigenvalue weighted by Crippen LogP contribution is 2.27. The van der Waals surface area contributed by atoms with E-state index in [-0.39, 0.29) is 55.3 Å². The van der Waals surface area contributed by atoms with Crippen LogP contribution in [-0.2, 0) is 23.8 Å². The summed E-state index contributed by atoms with van der Waals surface area (Å²) in [6.07, 6.45) is 12.5. The molecule has 3 aromatic heterocycles. The van der Waals surface area contributed by atoms with Gasteiger partial charge < -0.3 is 73.8 Å². The third-order valence-electron chi connectivity index (χ3n) is 12.3. The van der Waals surface area contributed by atoms with Crippen molar-refractivity contribution in [1.29, 1.82) is 0 Å². The molecule has 23 nitrogen and oxygen atoms in total. The molecule has 0 spiro atoms. The normalized spacial score (nSPS) is 17.0. The van der Waals surface area contributed by atoms with Gasteiger partial charge in [0, 0.05) is 58.9 Å². The summed E-state index contributed by atoms with van der Waals surface area (Å²) < 4.78 is 19.8. The van der Waals surface area contributed by atoms with Crippen LogP contribution in [0.25, 0.3) is 0 Å². The SMILES string of the molecule is C#CCOCCOCCOCCNc1nc(N2CCN(C(=O)[C@H]([C@@H](C)CC)n3cc([C@@H](N)CO)nn3)CC2)nc(N2CCN(C(=O)[C@H](CCCCN)n3cc([C@@H](N)C(C)CC)nn3)CC2)n1.[Cl-]. The zero-order valence-electron chi connectivity index (χ0n) is 39.7. The number of terminal acetylenes is 1. The number of nitrogens with two attached hydrogens (primary N) is 3. The van der Waals surface area contributed by atoms with Crippen LogP contribution >= 0.6 is 0 Å². The minimum absolute atomic E-state index is 0. The van der Waals surface area contributed by atoms with Crippen LogP contribution in [0.15, 0.2) is 12.4 Å². The van der Waals surface area contributed by atoms with Crippen LogP contribution in [0.3, 0.4) is 0 Å². The molecule has 67 heavy (non-hydrogen) atoms. The topological polar surface area (TPSA) is 285 Å². The Morgan fingerprint density at radius 2 is 1.33 bits per heavy atom. The fourth-order valence-electron chi connectivity index (χ4n) is 7.70. The van der Waals surface area contributed by atoms with Crippen molar-refractivity contribution in [2.45, 2.75) is 84.0 Å². The van der Waals surface area contributed by atoms with Crippen LogP contribution in [0, 0.1) is 24.2 Å². The van der Waals surface area contributed by atoms with Gasteiger partial charge in [-0.05, 0) is 37.6 Å². The Hall–Kier alpha value is -4.80. The molecule has 0 aromatic carbocycles. The molecule has 3 aromatic rings. The number of aliphatic hydroxyl groups is 1. The first-order valence-electron chi connectivity index (χ1n) is 23.4. The van der Waals surface area contributed by atoms with Gasteiger partial charge >= 0.3 is 0 Å². The third-order valence-corrected chi connectivity index (χ3v) is 12.3. The summed E-state index contributed by atoms with van der Waals surface area (Å²) in [5.74, 6) is 3.86. The van der Waals surface area contributed by atoms with Crippen molar-refractivity contribution in [1.82, 2.24) is 54.7 Å². The smallest absolute Gasteiger partial charge is 0.247 e. The summed E-state index contributed by atoms with van der Waals surface area (Å²) in [6, 6.07) is -2.07. The molecule has 1 unspecified atom stereocenters. The minimum atomic E-state index is -0.684. The second-order valence-electron chi connectivity index (χ2n) is 16.9. The highest BCUT2D eigenvalue weighted by atomic mass is 35.5. The molecule has 2 saturated heterocycles. The van der Waals surface area contributed by atoms with Gasteiger partial charge in [-0.15, -0.1) is 16.6 Å². The first kappa shape index (κ1) is 54.8. The number of amides is 2. The molecule has 0 aliphatic carbocycles. The number of carbonyl (C=O) groups excluding carboxylic acids is 2. The molecule has 2 aliphatic heterocycles. The average molecular weight is 960 g/mol. The number of aliphatic hydroxyl groups excluding tert-OH is 1. The standard InChI is InChI=1S/C43H73N17O6.ClH/c1-6-22-64-24-26-66-27-25-65-23-13-47-41-48-42(57-18-14-55(15-19-57)39(62)36(11-9-10-12-44)59-29-35(52-53-59)37(46)31(4)7-2)50-43(49-41)58-20-16-56(17-21-58)40(63)38(32(5)8-3)60-28-34(51-54-60)33(45)30-61;/h1,28-29,31-33,36-38,61H,7-27,30,44-46H2,2-5H3,(H,47,48,49,50);1H/p-1/t31?,32-,33-,36-,37-,38-;/m0./s1. The lowest BCUT2D eigenvalue weighted by molar-refractivity contribution is -0.137. The van der Waals surface area contributed by atoms with Gasteiger partial charge in [-0.25, -0.2) is 9.36 Å². The summed E-state index contributed by atoms with van der Waals surface area (Å²) >= 11 is 0. The van der Waals surface area contributed by atoms with Crippen molar-refractivity contribution in [2.24, 2.45) is 29.0 Å². The van der Waals surface area contributed by atoms with E-state index in [0.717, 1.165) is 25.7 Å². The molecule has 24 heteroatoms. The summed E-state index contributed by atoms with van der Waals surface area (Å²) in [6.45, 7) is 14.9. The van der Waals surface area contributed by atoms with Gasteiger partial charge in [0.15, 0.2) is 0 Å². The molecule has 8 N–H and O–H groups in total. The fraction of sp³-hybridized carbons (Fsp3) is 0.744. The average Bonchev–Trinajstić information content (AvgIpc) is 4.05. The molecule has 0 bridgehead atoms. The van der Waals surface area contributed by atoms with Gasteiger partial charge in [0.25, 0.3) is 0 Å². The van der Waals surface area contributed by atoms with E-state index in [1.807, 2.05) is 29.8 Å². The van der Waals surface area contributed by atoms with Gasteiger partial charge in [-0.3, -0.25) is 9.59 Å². The predicted octanol–water partition coefficient (Wildman–Crippen LogP) is -2.85. The molecular formula is C43H73ClN17O6-. The van der Waals surface area contributed by atoms with Crippen molar-refractivity contribution in [3.63, 3.8) is 0 Å². The van der Waals surface area contributed by atoms with Crippen LogP contribution in [-0.4, -0.2) is 183 Å². The van der Waals surface area contributed by atoms with E-state index < -0.39 is 18.1 Å². The Morgan fingerprint density at radius 3 is 1.91 bits per heavy atom. The van der Waals surface area contributed by atoms with Crippen molar-refractivity contribution >= 4 is 29.7 Å². The summed E-state index contributed by atoms with van der Waals surface area (Å²) in [4.78, 5) is 50.8. The van der Waals surface area contributed by atoms with Crippen molar-refractivity contribution in [2.75, 3.05) is 127 Å². The van der Waals surface area contributed by atoms with Gasteiger partial charge in [0.1, 0.15) is 24.4 Å². The number of halogens is 1. The van der Waals surface area contributed by atoms with Crippen LogP contribution in [0.2, 0.25) is 0 Å². The van der Waals surface area contributed by atoms with Crippen LogP contribution < -0.4 is 44.7 Å². The maximum atomic E-state index is 14.2. The second-order valence-corrected chi connectivity index (χ2v) is 16.9. The summed E-state index contributed by atoms with van der Waals surface area (Å²) in [5.41, 5.74) is 19.4. The number of anilines is 3.